The van der Waals surface area contributed by atoms with E-state index in [4.69, 9.17) is 0 Å². The lowest BCUT2D eigenvalue weighted by Gasteiger charge is -2.33. The summed E-state index contributed by atoms with van der Waals surface area (Å²) in [6.45, 7) is 2.76. The summed E-state index contributed by atoms with van der Waals surface area (Å²) in [7, 11) is -3.74. The lowest BCUT2D eigenvalue weighted by molar-refractivity contribution is 0.227. The molecule has 2 atom stereocenters. The van der Waals surface area contributed by atoms with Gasteiger partial charge in [-0.2, -0.15) is 4.31 Å². The average Bonchev–Trinajstić information content (AvgIpc) is 2.85. The number of fused-ring (bicyclic) bond motifs is 1. The molecule has 0 saturated carbocycles. The maximum Gasteiger partial charge on any atom is 0.245 e. The summed E-state index contributed by atoms with van der Waals surface area (Å²) in [5, 5.41) is 3.29. The van der Waals surface area contributed by atoms with E-state index < -0.39 is 15.8 Å². The molecule has 4 nitrogen and oxygen atoms in total. The van der Waals surface area contributed by atoms with Crippen LogP contribution in [-0.2, 0) is 10.0 Å². The van der Waals surface area contributed by atoms with Crippen LogP contribution in [0.25, 0.3) is 0 Å². The van der Waals surface area contributed by atoms with Crippen LogP contribution in [0.15, 0.2) is 27.6 Å². The molecule has 7 heteroatoms. The lowest BCUT2D eigenvalue weighted by Crippen LogP contribution is -2.43. The van der Waals surface area contributed by atoms with E-state index in [1.807, 2.05) is 0 Å². The predicted octanol–water partition coefficient (Wildman–Crippen LogP) is 1.82. The van der Waals surface area contributed by atoms with Crippen molar-refractivity contribution in [3.8, 4) is 0 Å². The largest absolute Gasteiger partial charge is 0.316 e. The third-order valence-electron chi connectivity index (χ3n) is 4.18. The van der Waals surface area contributed by atoms with Crippen molar-refractivity contribution in [2.24, 2.45) is 11.8 Å². The lowest BCUT2D eigenvalue weighted by atomic mass is 9.90. The summed E-state index contributed by atoms with van der Waals surface area (Å²) in [5.41, 5.74) is 0. The minimum absolute atomic E-state index is 0.231. The summed E-state index contributed by atoms with van der Waals surface area (Å²) >= 11 is 3.14. The van der Waals surface area contributed by atoms with Crippen LogP contribution >= 0.6 is 15.9 Å². The Labute approximate surface area is 126 Å². The molecule has 3 rings (SSSR count). The van der Waals surface area contributed by atoms with E-state index in [0.717, 1.165) is 19.5 Å². The summed E-state index contributed by atoms with van der Waals surface area (Å²) in [5.74, 6) is 0.194. The van der Waals surface area contributed by atoms with Gasteiger partial charge >= 0.3 is 0 Å². The Bertz CT molecular complexity index is 623. The highest BCUT2D eigenvalue weighted by atomic mass is 79.9. The molecule has 2 heterocycles. The quantitative estimate of drug-likeness (QED) is 0.872. The fraction of sp³-hybridized carbons (Fsp3) is 0.538. The second-order valence-electron chi connectivity index (χ2n) is 5.40. The monoisotopic (exact) mass is 362 g/mol. The first-order valence-electron chi connectivity index (χ1n) is 6.64. The van der Waals surface area contributed by atoms with Gasteiger partial charge in [0.25, 0.3) is 0 Å². The molecule has 2 fully saturated rings. The van der Waals surface area contributed by atoms with Crippen LogP contribution < -0.4 is 5.32 Å². The van der Waals surface area contributed by atoms with Crippen molar-refractivity contribution in [2.45, 2.75) is 11.3 Å². The summed E-state index contributed by atoms with van der Waals surface area (Å²) in [4.78, 5) is -0.231. The second kappa shape index (κ2) is 5.36. The van der Waals surface area contributed by atoms with E-state index in [2.05, 4.69) is 21.2 Å². The van der Waals surface area contributed by atoms with Gasteiger partial charge in [-0.15, -0.1) is 0 Å². The van der Waals surface area contributed by atoms with Gasteiger partial charge < -0.3 is 5.32 Å². The zero-order valence-corrected chi connectivity index (χ0v) is 13.3. The van der Waals surface area contributed by atoms with Crippen molar-refractivity contribution in [1.82, 2.24) is 9.62 Å². The maximum atomic E-state index is 13.9. The third-order valence-corrected chi connectivity index (χ3v) is 6.57. The molecule has 0 aliphatic carbocycles. The number of benzene rings is 1. The van der Waals surface area contributed by atoms with E-state index in [9.17, 15) is 12.8 Å². The van der Waals surface area contributed by atoms with Crippen molar-refractivity contribution in [1.29, 1.82) is 0 Å². The molecule has 2 unspecified atom stereocenters. The first kappa shape index (κ1) is 14.4. The number of nitrogens with zero attached hydrogens (tertiary/aromatic N) is 1. The Kier molecular flexibility index (Phi) is 3.87. The van der Waals surface area contributed by atoms with E-state index in [1.165, 1.54) is 16.4 Å². The normalized spacial score (nSPS) is 27.5. The highest BCUT2D eigenvalue weighted by molar-refractivity contribution is 9.10. The molecule has 0 spiro atoms. The summed E-state index contributed by atoms with van der Waals surface area (Å²) in [6, 6.07) is 4.07. The van der Waals surface area contributed by atoms with Gasteiger partial charge in [0.1, 0.15) is 10.7 Å². The summed E-state index contributed by atoms with van der Waals surface area (Å²) < 4.78 is 41.0. The number of hydrogen-bond acceptors (Lipinski definition) is 3. The smallest absolute Gasteiger partial charge is 0.245 e. The van der Waals surface area contributed by atoms with Crippen LogP contribution in [0.3, 0.4) is 0 Å². The Morgan fingerprint density at radius 3 is 2.80 bits per heavy atom. The molecule has 2 aliphatic rings. The average molecular weight is 363 g/mol. The minimum Gasteiger partial charge on any atom is -0.316 e. The summed E-state index contributed by atoms with van der Waals surface area (Å²) in [6.07, 6.45) is 0.842. The molecule has 20 heavy (non-hydrogen) atoms. The van der Waals surface area contributed by atoms with Crippen LogP contribution in [0.2, 0.25) is 0 Å². The third kappa shape index (κ3) is 2.52. The Hall–Kier alpha value is -0.500. The first-order chi connectivity index (χ1) is 9.48. The van der Waals surface area contributed by atoms with Gasteiger partial charge in [0.2, 0.25) is 10.0 Å². The SMILES string of the molecule is O=S(=O)(c1ccc(Br)cc1F)N1CCC2CNCC2C1. The zero-order chi connectivity index (χ0) is 14.3. The molecule has 2 saturated heterocycles. The maximum absolute atomic E-state index is 13.9. The van der Waals surface area contributed by atoms with E-state index in [-0.39, 0.29) is 4.90 Å². The fourth-order valence-corrected chi connectivity index (χ4v) is 4.93. The van der Waals surface area contributed by atoms with Gasteiger partial charge in [-0.3, -0.25) is 0 Å². The molecular formula is C13H16BrFN2O2S. The number of rotatable bonds is 2. The Morgan fingerprint density at radius 1 is 1.30 bits per heavy atom. The van der Waals surface area contributed by atoms with Crippen molar-refractivity contribution >= 4 is 26.0 Å². The van der Waals surface area contributed by atoms with Crippen molar-refractivity contribution in [3.63, 3.8) is 0 Å². The second-order valence-corrected chi connectivity index (χ2v) is 8.23. The van der Waals surface area contributed by atoms with Crippen LogP contribution in [0.1, 0.15) is 6.42 Å². The van der Waals surface area contributed by atoms with Gasteiger partial charge in [0, 0.05) is 17.6 Å². The van der Waals surface area contributed by atoms with Gasteiger partial charge in [-0.25, -0.2) is 12.8 Å². The van der Waals surface area contributed by atoms with Crippen molar-refractivity contribution < 1.29 is 12.8 Å². The molecule has 1 aromatic rings. The van der Waals surface area contributed by atoms with E-state index in [0.29, 0.717) is 29.4 Å². The van der Waals surface area contributed by atoms with Gasteiger partial charge in [-0.1, -0.05) is 15.9 Å². The van der Waals surface area contributed by atoms with Crippen LogP contribution in [0.5, 0.6) is 0 Å². The predicted molar refractivity (Wildman–Crippen MR) is 77.3 cm³/mol. The molecule has 0 bridgehead atoms. The fourth-order valence-electron chi connectivity index (χ4n) is 3.04. The van der Waals surface area contributed by atoms with Crippen molar-refractivity contribution in [2.75, 3.05) is 26.2 Å². The Morgan fingerprint density at radius 2 is 2.05 bits per heavy atom. The van der Waals surface area contributed by atoms with E-state index in [1.54, 1.807) is 6.07 Å². The zero-order valence-electron chi connectivity index (χ0n) is 10.9. The molecule has 110 valence electrons. The number of piperidine rings is 1. The number of nitrogens with one attached hydrogen (secondary N) is 1. The van der Waals surface area contributed by atoms with Crippen LogP contribution in [-0.4, -0.2) is 38.9 Å². The molecule has 1 N–H and O–H groups in total. The van der Waals surface area contributed by atoms with Gasteiger partial charge in [0.05, 0.1) is 0 Å². The molecular weight excluding hydrogens is 347 g/mol. The first-order valence-corrected chi connectivity index (χ1v) is 8.87. The highest BCUT2D eigenvalue weighted by Gasteiger charge is 2.38. The number of halogens is 2. The van der Waals surface area contributed by atoms with Gasteiger partial charge in [-0.05, 0) is 49.5 Å². The molecule has 2 aliphatic heterocycles. The van der Waals surface area contributed by atoms with Gasteiger partial charge in [0.15, 0.2) is 0 Å². The van der Waals surface area contributed by atoms with Crippen LogP contribution in [0.4, 0.5) is 4.39 Å². The van der Waals surface area contributed by atoms with E-state index >= 15 is 0 Å². The molecule has 0 amide bonds. The molecule has 1 aromatic carbocycles. The van der Waals surface area contributed by atoms with Crippen LogP contribution in [0, 0.1) is 17.7 Å². The molecule has 0 aromatic heterocycles. The standard InChI is InChI=1S/C13H16BrFN2O2S/c14-11-1-2-13(12(15)5-11)20(18,19)17-4-3-9-6-16-7-10(9)8-17/h1-2,5,9-10,16H,3-4,6-8H2. The highest BCUT2D eigenvalue weighted by Crippen LogP contribution is 2.31. The molecule has 0 radical (unpaired) electrons. The van der Waals surface area contributed by atoms with Crippen molar-refractivity contribution in [3.05, 3.63) is 28.5 Å². The number of hydrogen-bond donors (Lipinski definition) is 1. The number of sulfonamides is 1. The topological polar surface area (TPSA) is 49.4 Å². The minimum atomic E-state index is -3.74. The Balaban J connectivity index is 1.88.